The van der Waals surface area contributed by atoms with Gasteiger partial charge in [0.05, 0.1) is 6.54 Å². The lowest BCUT2D eigenvalue weighted by molar-refractivity contribution is -0.147. The molecule has 0 aromatic carbocycles. The van der Waals surface area contributed by atoms with Gasteiger partial charge in [0.15, 0.2) is 0 Å². The monoisotopic (exact) mass is 299 g/mol. The highest BCUT2D eigenvalue weighted by molar-refractivity contribution is 5.90. The van der Waals surface area contributed by atoms with Gasteiger partial charge in [0.1, 0.15) is 6.04 Å². The summed E-state index contributed by atoms with van der Waals surface area (Å²) in [7, 11) is 0. The minimum absolute atomic E-state index is 0. The fourth-order valence-electron chi connectivity index (χ4n) is 3.31. The van der Waals surface area contributed by atoms with Gasteiger partial charge in [-0.25, -0.2) is 0 Å². The summed E-state index contributed by atoms with van der Waals surface area (Å²) in [6.45, 7) is 2.37. The lowest BCUT2D eigenvalue weighted by atomic mass is 10.1. The molecule has 0 aromatic heterocycles. The van der Waals surface area contributed by atoms with Crippen molar-refractivity contribution in [1.29, 1.82) is 0 Å². The van der Waals surface area contributed by atoms with Crippen molar-refractivity contribution in [2.45, 2.75) is 37.8 Å². The molecule has 1 unspecified atom stereocenters. The Hall–Kier alpha value is -1.07. The van der Waals surface area contributed by atoms with Gasteiger partial charge in [0, 0.05) is 25.7 Å². The number of piperazine rings is 1. The second-order valence-electron chi connectivity index (χ2n) is 5.60. The van der Waals surface area contributed by atoms with E-state index in [1.165, 1.54) is 12.8 Å². The van der Waals surface area contributed by atoms with Gasteiger partial charge in [-0.05, 0) is 12.8 Å². The average Bonchev–Trinajstić information content (AvgIpc) is 3.11. The summed E-state index contributed by atoms with van der Waals surface area (Å²) in [4.78, 5) is 28.1. The predicted octanol–water partition coefficient (Wildman–Crippen LogP) is 0.550. The molecule has 2 aliphatic heterocycles. The zero-order valence-corrected chi connectivity index (χ0v) is 12.4. The minimum Gasteiger partial charge on any atom is -0.336 e. The molecular weight excluding hydrogens is 278 g/mol. The van der Waals surface area contributed by atoms with Crippen LogP contribution in [0.5, 0.6) is 0 Å². The number of halogens is 1. The maximum absolute atomic E-state index is 12.2. The van der Waals surface area contributed by atoms with Crippen LogP contribution < -0.4 is 5.32 Å². The number of carbonyl (C=O) groups is 2. The molecule has 1 atom stereocenters. The van der Waals surface area contributed by atoms with Crippen LogP contribution in [0.3, 0.4) is 0 Å². The van der Waals surface area contributed by atoms with Crippen molar-refractivity contribution in [1.82, 2.24) is 15.1 Å². The topological polar surface area (TPSA) is 52.7 Å². The number of hydrogen-bond donors (Lipinski definition) is 1. The van der Waals surface area contributed by atoms with E-state index in [4.69, 9.17) is 0 Å². The quantitative estimate of drug-likeness (QED) is 0.758. The van der Waals surface area contributed by atoms with Crippen LogP contribution >= 0.6 is 12.4 Å². The van der Waals surface area contributed by atoms with E-state index in [1.807, 2.05) is 17.1 Å². The number of rotatable bonds is 2. The first-order chi connectivity index (χ1) is 9.25. The van der Waals surface area contributed by atoms with Crippen LogP contribution in [-0.2, 0) is 9.59 Å². The normalized spacial score (nSPS) is 27.0. The van der Waals surface area contributed by atoms with E-state index >= 15 is 0 Å². The number of nitrogens with zero attached hydrogens (tertiary/aromatic N) is 2. The molecule has 1 saturated heterocycles. The highest BCUT2D eigenvalue weighted by atomic mass is 35.5. The van der Waals surface area contributed by atoms with Gasteiger partial charge in [-0.1, -0.05) is 25.0 Å². The Bertz CT molecular complexity index is 407. The van der Waals surface area contributed by atoms with Crippen LogP contribution in [0.25, 0.3) is 0 Å². The van der Waals surface area contributed by atoms with Crippen LogP contribution in [0.4, 0.5) is 0 Å². The molecule has 2 fully saturated rings. The zero-order chi connectivity index (χ0) is 13.2. The molecule has 0 aromatic rings. The van der Waals surface area contributed by atoms with Crippen LogP contribution in [0.2, 0.25) is 0 Å². The van der Waals surface area contributed by atoms with Crippen molar-refractivity contribution in [2.75, 3.05) is 26.2 Å². The molecule has 3 aliphatic rings. The maximum atomic E-state index is 12.2. The van der Waals surface area contributed by atoms with Crippen molar-refractivity contribution < 1.29 is 9.59 Å². The molecule has 2 heterocycles. The SMILES string of the molecule is Cl.O=C(C1C=CCN1)N1CCN(C2CCCC2)C(=O)C1. The summed E-state index contributed by atoms with van der Waals surface area (Å²) < 4.78 is 0. The summed E-state index contributed by atoms with van der Waals surface area (Å²) >= 11 is 0. The minimum atomic E-state index is -0.231. The third kappa shape index (κ3) is 2.99. The first-order valence-corrected chi connectivity index (χ1v) is 7.24. The first-order valence-electron chi connectivity index (χ1n) is 7.24. The van der Waals surface area contributed by atoms with Crippen LogP contribution in [0.1, 0.15) is 25.7 Å². The van der Waals surface area contributed by atoms with Crippen LogP contribution in [-0.4, -0.2) is 59.9 Å². The third-order valence-electron chi connectivity index (χ3n) is 4.38. The smallest absolute Gasteiger partial charge is 0.244 e. The van der Waals surface area contributed by atoms with Gasteiger partial charge in [0.2, 0.25) is 11.8 Å². The Morgan fingerprint density at radius 1 is 1.25 bits per heavy atom. The summed E-state index contributed by atoms with van der Waals surface area (Å²) in [5.41, 5.74) is 0. The van der Waals surface area contributed by atoms with Gasteiger partial charge in [-0.15, -0.1) is 12.4 Å². The Balaban J connectivity index is 0.00000147. The molecule has 1 aliphatic carbocycles. The predicted molar refractivity (Wildman–Crippen MR) is 78.7 cm³/mol. The fraction of sp³-hybridized carbons (Fsp3) is 0.714. The lowest BCUT2D eigenvalue weighted by Gasteiger charge is -2.38. The van der Waals surface area contributed by atoms with Crippen molar-refractivity contribution in [2.24, 2.45) is 0 Å². The lowest BCUT2D eigenvalue weighted by Crippen LogP contribution is -2.57. The molecule has 0 bridgehead atoms. The molecule has 2 amide bonds. The van der Waals surface area contributed by atoms with E-state index in [-0.39, 0.29) is 36.8 Å². The van der Waals surface area contributed by atoms with Crippen LogP contribution in [0.15, 0.2) is 12.2 Å². The molecule has 112 valence electrons. The molecule has 5 nitrogen and oxygen atoms in total. The van der Waals surface area contributed by atoms with E-state index in [2.05, 4.69) is 5.32 Å². The number of nitrogens with one attached hydrogen (secondary N) is 1. The standard InChI is InChI=1S/C14H21N3O2.ClH/c18-13-10-16(14(19)12-6-3-7-15-12)8-9-17(13)11-4-1-2-5-11;/h3,6,11-12,15H,1-2,4-5,7-10H2;1H. The van der Waals surface area contributed by atoms with Gasteiger partial charge in [-0.3, -0.25) is 14.9 Å². The molecule has 0 spiro atoms. The molecule has 3 rings (SSSR count). The summed E-state index contributed by atoms with van der Waals surface area (Å²) in [5.74, 6) is 0.154. The van der Waals surface area contributed by atoms with E-state index in [1.54, 1.807) is 4.90 Å². The number of carbonyl (C=O) groups excluding carboxylic acids is 2. The van der Waals surface area contributed by atoms with E-state index in [9.17, 15) is 9.59 Å². The maximum Gasteiger partial charge on any atom is 0.244 e. The largest absolute Gasteiger partial charge is 0.336 e. The highest BCUT2D eigenvalue weighted by Crippen LogP contribution is 2.25. The molecule has 1 N–H and O–H groups in total. The van der Waals surface area contributed by atoms with Crippen molar-refractivity contribution in [3.8, 4) is 0 Å². The first kappa shape index (κ1) is 15.3. The number of amides is 2. The fourth-order valence-corrected chi connectivity index (χ4v) is 3.31. The van der Waals surface area contributed by atoms with E-state index in [0.717, 1.165) is 19.4 Å². The van der Waals surface area contributed by atoms with Gasteiger partial charge >= 0.3 is 0 Å². The van der Waals surface area contributed by atoms with Crippen molar-refractivity contribution in [3.63, 3.8) is 0 Å². The molecular formula is C14H22ClN3O2. The van der Waals surface area contributed by atoms with Gasteiger partial charge < -0.3 is 9.80 Å². The Morgan fingerprint density at radius 3 is 2.60 bits per heavy atom. The second kappa shape index (κ2) is 6.59. The molecule has 1 saturated carbocycles. The Labute approximate surface area is 125 Å². The summed E-state index contributed by atoms with van der Waals surface area (Å²) in [6.07, 6.45) is 8.57. The highest BCUT2D eigenvalue weighted by Gasteiger charge is 2.34. The third-order valence-corrected chi connectivity index (χ3v) is 4.38. The molecule has 20 heavy (non-hydrogen) atoms. The molecule has 6 heteroatoms. The summed E-state index contributed by atoms with van der Waals surface area (Å²) in [5, 5.41) is 3.11. The molecule has 0 radical (unpaired) electrons. The zero-order valence-electron chi connectivity index (χ0n) is 11.6. The summed E-state index contributed by atoms with van der Waals surface area (Å²) in [6, 6.07) is 0.195. The van der Waals surface area contributed by atoms with Crippen molar-refractivity contribution >= 4 is 24.2 Å². The van der Waals surface area contributed by atoms with Gasteiger partial charge in [0.25, 0.3) is 0 Å². The van der Waals surface area contributed by atoms with E-state index in [0.29, 0.717) is 19.1 Å². The van der Waals surface area contributed by atoms with E-state index < -0.39 is 0 Å². The van der Waals surface area contributed by atoms with Crippen LogP contribution in [0, 0.1) is 0 Å². The Kier molecular flexibility index (Phi) is 5.05. The average molecular weight is 300 g/mol. The number of hydrogen-bond acceptors (Lipinski definition) is 3. The second-order valence-corrected chi connectivity index (χ2v) is 5.60. The van der Waals surface area contributed by atoms with Crippen molar-refractivity contribution in [3.05, 3.63) is 12.2 Å². The Morgan fingerprint density at radius 2 is 2.00 bits per heavy atom. The van der Waals surface area contributed by atoms with Gasteiger partial charge in [-0.2, -0.15) is 0 Å².